The summed E-state index contributed by atoms with van der Waals surface area (Å²) in [6, 6.07) is 25.2. The summed E-state index contributed by atoms with van der Waals surface area (Å²) in [5.41, 5.74) is 3.89. The topological polar surface area (TPSA) is 4.93 Å². The fourth-order valence-electron chi connectivity index (χ4n) is 3.81. The van der Waals surface area contributed by atoms with E-state index in [0.29, 0.717) is 0 Å². The van der Waals surface area contributed by atoms with Crippen molar-refractivity contribution in [3.63, 3.8) is 0 Å². The van der Waals surface area contributed by atoms with Crippen LogP contribution in [0.1, 0.15) is 0 Å². The number of benzene rings is 3. The molecule has 0 atom stereocenters. The molecule has 1 aromatic heterocycles. The molecule has 0 radical (unpaired) electrons. The molecule has 138 valence electrons. The van der Waals surface area contributed by atoms with Crippen molar-refractivity contribution in [2.24, 2.45) is 0 Å². The number of aromatic nitrogens is 1. The molecule has 0 fully saturated rings. The molecule has 3 aromatic carbocycles. The minimum absolute atomic E-state index is 1.24. The van der Waals surface area contributed by atoms with Gasteiger partial charge in [0.1, 0.15) is 0 Å². The number of para-hydroxylation sites is 1. The van der Waals surface area contributed by atoms with Crippen LogP contribution in [0.2, 0.25) is 34.5 Å². The summed E-state index contributed by atoms with van der Waals surface area (Å²) in [7, 11) is 0. The molecule has 0 N–H and O–H groups in total. The quantitative estimate of drug-likeness (QED) is 0.326. The van der Waals surface area contributed by atoms with Crippen molar-refractivity contribution in [2.75, 3.05) is 0 Å². The average Bonchev–Trinajstić information content (AvgIpc) is 2.94. The van der Waals surface area contributed by atoms with Gasteiger partial charge in [0.15, 0.2) is 0 Å². The Labute approximate surface area is 168 Å². The SMILES string of the molecule is [CH3][Ge]([CH3])([CH3])[c]1ccc2c(c1)c1c[c]([Ge]([CH3])([CH3])[CH3])ccc1n2-c1ccccc1. The Hall–Kier alpha value is -1.45. The third-order valence-corrected chi connectivity index (χ3v) is 14.1. The summed E-state index contributed by atoms with van der Waals surface area (Å²) in [4.78, 5) is 0. The van der Waals surface area contributed by atoms with Crippen molar-refractivity contribution in [2.45, 2.75) is 34.5 Å². The van der Waals surface area contributed by atoms with E-state index in [4.69, 9.17) is 0 Å². The average molecular weight is 477 g/mol. The number of nitrogens with zero attached hydrogens (tertiary/aromatic N) is 1. The van der Waals surface area contributed by atoms with E-state index in [-0.39, 0.29) is 0 Å². The van der Waals surface area contributed by atoms with Crippen LogP contribution >= 0.6 is 0 Å². The van der Waals surface area contributed by atoms with Gasteiger partial charge in [-0.05, 0) is 0 Å². The maximum absolute atomic E-state index is 2.50. The van der Waals surface area contributed by atoms with Crippen LogP contribution in [0.4, 0.5) is 0 Å². The van der Waals surface area contributed by atoms with E-state index in [1.807, 2.05) is 0 Å². The van der Waals surface area contributed by atoms with E-state index in [9.17, 15) is 0 Å². The molecule has 0 amide bonds. The standard InChI is InChI=1S/C24H29Ge2N/c1-25(2,3)18-12-14-23-21(16-18)22-17-19(26(4,5)6)13-15-24(22)27(23)20-10-8-7-9-11-20/h7-17H,1-6H3. The van der Waals surface area contributed by atoms with Crippen LogP contribution in [0.25, 0.3) is 27.5 Å². The molecule has 0 aliphatic heterocycles. The van der Waals surface area contributed by atoms with Crippen molar-refractivity contribution in [1.29, 1.82) is 0 Å². The summed E-state index contributed by atoms with van der Waals surface area (Å²) in [5, 5.41) is 2.83. The molecule has 3 heteroatoms. The normalized spacial score (nSPS) is 12.8. The predicted octanol–water partition coefficient (Wildman–Crippen LogP) is 5.87. The number of fused-ring (bicyclic) bond motifs is 3. The Morgan fingerprint density at radius 1 is 0.556 bits per heavy atom. The fraction of sp³-hybridized carbons (Fsp3) is 0.250. The molecule has 1 heterocycles. The Morgan fingerprint density at radius 2 is 1.00 bits per heavy atom. The van der Waals surface area contributed by atoms with Crippen LogP contribution in [-0.4, -0.2) is 31.1 Å². The molecule has 0 aliphatic rings. The van der Waals surface area contributed by atoms with E-state index >= 15 is 0 Å². The van der Waals surface area contributed by atoms with Crippen LogP contribution in [0, 0.1) is 0 Å². The monoisotopic (exact) mass is 479 g/mol. The summed E-state index contributed by atoms with van der Waals surface area (Å²) in [6.45, 7) is 0. The third kappa shape index (κ3) is 3.40. The van der Waals surface area contributed by atoms with Gasteiger partial charge >= 0.3 is 169 Å². The zero-order valence-corrected chi connectivity index (χ0v) is 21.5. The second kappa shape index (κ2) is 6.56. The van der Waals surface area contributed by atoms with Gasteiger partial charge in [-0.3, -0.25) is 0 Å². The van der Waals surface area contributed by atoms with Crippen molar-refractivity contribution in [3.05, 3.63) is 66.7 Å². The van der Waals surface area contributed by atoms with Crippen LogP contribution in [-0.2, 0) is 0 Å². The van der Waals surface area contributed by atoms with Crippen molar-refractivity contribution in [3.8, 4) is 5.69 Å². The first-order chi connectivity index (χ1) is 12.7. The molecule has 27 heavy (non-hydrogen) atoms. The van der Waals surface area contributed by atoms with Gasteiger partial charge < -0.3 is 0 Å². The molecule has 0 aliphatic carbocycles. The first kappa shape index (κ1) is 18.9. The van der Waals surface area contributed by atoms with Crippen molar-refractivity contribution >= 4 is 57.1 Å². The molecule has 1 nitrogen and oxygen atoms in total. The number of rotatable bonds is 3. The van der Waals surface area contributed by atoms with Gasteiger partial charge in [-0.15, -0.1) is 0 Å². The van der Waals surface area contributed by atoms with Gasteiger partial charge in [0.05, 0.1) is 0 Å². The Balaban J connectivity index is 2.13. The predicted molar refractivity (Wildman–Crippen MR) is 127 cm³/mol. The summed E-state index contributed by atoms with van der Waals surface area (Å²) < 4.78 is 5.60. The van der Waals surface area contributed by atoms with E-state index in [0.717, 1.165) is 0 Å². The zero-order chi connectivity index (χ0) is 19.4. The van der Waals surface area contributed by atoms with Gasteiger partial charge in [-0.2, -0.15) is 0 Å². The minimum atomic E-state index is -1.88. The van der Waals surface area contributed by atoms with E-state index < -0.39 is 26.5 Å². The summed E-state index contributed by atoms with van der Waals surface area (Å²) in [5.74, 6) is 14.9. The van der Waals surface area contributed by atoms with E-state index in [1.54, 1.807) is 8.79 Å². The molecule has 4 rings (SSSR count). The van der Waals surface area contributed by atoms with E-state index in [2.05, 4.69) is 106 Å². The second-order valence-electron chi connectivity index (χ2n) is 9.63. The first-order valence-electron chi connectivity index (χ1n) is 9.81. The molecule has 0 unspecified atom stereocenters. The number of hydrogen-bond donors (Lipinski definition) is 0. The summed E-state index contributed by atoms with van der Waals surface area (Å²) in [6.07, 6.45) is 0. The zero-order valence-electron chi connectivity index (χ0n) is 17.3. The molecular formula is C24H29Ge2N. The van der Waals surface area contributed by atoms with E-state index in [1.165, 1.54) is 27.5 Å². The van der Waals surface area contributed by atoms with Gasteiger partial charge in [-0.25, -0.2) is 0 Å². The third-order valence-electron chi connectivity index (χ3n) is 5.51. The molecule has 0 saturated carbocycles. The first-order valence-corrected chi connectivity index (χ1v) is 24.5. The summed E-state index contributed by atoms with van der Waals surface area (Å²) >= 11 is -3.76. The van der Waals surface area contributed by atoms with Gasteiger partial charge in [-0.1, -0.05) is 0 Å². The molecule has 0 spiro atoms. The van der Waals surface area contributed by atoms with Gasteiger partial charge in [0, 0.05) is 0 Å². The fourth-order valence-corrected chi connectivity index (χ4v) is 8.68. The molecule has 0 bridgehead atoms. The van der Waals surface area contributed by atoms with Gasteiger partial charge in [0.25, 0.3) is 0 Å². The van der Waals surface area contributed by atoms with Gasteiger partial charge in [0.2, 0.25) is 0 Å². The van der Waals surface area contributed by atoms with Crippen LogP contribution < -0.4 is 8.79 Å². The Morgan fingerprint density at radius 3 is 1.41 bits per heavy atom. The Kier molecular flexibility index (Phi) is 4.59. The second-order valence-corrected chi connectivity index (χ2v) is 30.9. The van der Waals surface area contributed by atoms with Crippen LogP contribution in [0.3, 0.4) is 0 Å². The van der Waals surface area contributed by atoms with Crippen LogP contribution in [0.15, 0.2) is 66.7 Å². The van der Waals surface area contributed by atoms with Crippen molar-refractivity contribution in [1.82, 2.24) is 4.57 Å². The number of hydrogen-bond acceptors (Lipinski definition) is 0. The van der Waals surface area contributed by atoms with Crippen molar-refractivity contribution < 1.29 is 0 Å². The molecule has 0 saturated heterocycles. The Bertz CT molecular complexity index is 1060. The van der Waals surface area contributed by atoms with Crippen LogP contribution in [0.5, 0.6) is 0 Å². The maximum atomic E-state index is 2.50. The molecular weight excluding hydrogens is 447 g/mol. The molecule has 4 aromatic rings.